The number of aromatic amines is 1. The molecule has 7 heteroatoms. The van der Waals surface area contributed by atoms with Gasteiger partial charge < -0.3 is 10.3 Å². The van der Waals surface area contributed by atoms with Crippen molar-refractivity contribution in [1.82, 2.24) is 8.94 Å². The van der Waals surface area contributed by atoms with Crippen LogP contribution in [0.4, 0.5) is 10.1 Å². The quantitative estimate of drug-likeness (QED) is 0.516. The van der Waals surface area contributed by atoms with Gasteiger partial charge in [0.2, 0.25) is 5.43 Å². The number of nitrogens with two attached hydrogens (primary N) is 1. The fraction of sp³-hybridized carbons (Fsp3) is 0.200. The fourth-order valence-electron chi connectivity index (χ4n) is 3.58. The molecule has 4 aromatic rings. The Balaban J connectivity index is 1.91. The summed E-state index contributed by atoms with van der Waals surface area (Å²) in [6.45, 7) is 1.89. The highest BCUT2D eigenvalue weighted by Gasteiger charge is 2.29. The van der Waals surface area contributed by atoms with Gasteiger partial charge in [0.1, 0.15) is 16.0 Å². The molecular weight excluding hydrogens is 365 g/mol. The Labute approximate surface area is 157 Å². The van der Waals surface area contributed by atoms with Crippen LogP contribution in [0.3, 0.4) is 0 Å². The lowest BCUT2D eigenvalue weighted by Gasteiger charge is -2.14. The number of aromatic nitrogens is 2. The lowest BCUT2D eigenvalue weighted by Crippen LogP contribution is -2.15. The number of rotatable bonds is 2. The van der Waals surface area contributed by atoms with Crippen molar-refractivity contribution in [1.29, 1.82) is 0 Å². The van der Waals surface area contributed by atoms with E-state index in [2.05, 4.69) is 4.37 Å². The maximum absolute atomic E-state index is 14.9. The molecule has 5 nitrogen and oxygen atoms in total. The number of anilines is 1. The van der Waals surface area contributed by atoms with Gasteiger partial charge in [-0.1, -0.05) is 12.1 Å². The van der Waals surface area contributed by atoms with Gasteiger partial charge in [-0.05, 0) is 60.6 Å². The summed E-state index contributed by atoms with van der Waals surface area (Å²) in [6, 6.07) is 8.60. The van der Waals surface area contributed by atoms with E-state index >= 15 is 0 Å². The normalized spacial score (nSPS) is 14.3. The second kappa shape index (κ2) is 5.53. The number of nitrogens with one attached hydrogen (secondary N) is 1. The Morgan fingerprint density at radius 2 is 2.00 bits per heavy atom. The molecule has 27 heavy (non-hydrogen) atoms. The smallest absolute Gasteiger partial charge is 0.271 e. The molecule has 0 unspecified atom stereocenters. The number of H-pyrrole nitrogens is 1. The number of halogens is 1. The summed E-state index contributed by atoms with van der Waals surface area (Å²) in [7, 11) is 0. The van der Waals surface area contributed by atoms with Crippen LogP contribution < -0.4 is 16.7 Å². The molecule has 0 aliphatic heterocycles. The number of aryl methyl sites for hydroxylation is 1. The largest absolute Gasteiger partial charge is 0.398 e. The third kappa shape index (κ3) is 2.35. The maximum atomic E-state index is 14.9. The molecule has 5 rings (SSSR count). The second-order valence-corrected chi connectivity index (χ2v) is 7.86. The summed E-state index contributed by atoms with van der Waals surface area (Å²) in [6.07, 6.45) is 1.95. The minimum Gasteiger partial charge on any atom is -0.398 e. The van der Waals surface area contributed by atoms with E-state index in [1.54, 1.807) is 12.1 Å². The third-order valence-electron chi connectivity index (χ3n) is 5.22. The highest BCUT2D eigenvalue weighted by molar-refractivity contribution is 7.12. The molecule has 1 aliphatic rings. The van der Waals surface area contributed by atoms with Crippen LogP contribution in [-0.2, 0) is 0 Å². The summed E-state index contributed by atoms with van der Waals surface area (Å²) in [5.74, 6) is -0.504. The van der Waals surface area contributed by atoms with Gasteiger partial charge >= 0.3 is 0 Å². The van der Waals surface area contributed by atoms with Gasteiger partial charge in [0, 0.05) is 22.7 Å². The molecule has 2 aromatic heterocycles. The summed E-state index contributed by atoms with van der Waals surface area (Å²) < 4.78 is 19.6. The van der Waals surface area contributed by atoms with Crippen molar-refractivity contribution >= 4 is 38.3 Å². The molecule has 136 valence electrons. The maximum Gasteiger partial charge on any atom is 0.271 e. The lowest BCUT2D eigenvalue weighted by molar-refractivity contribution is 0.632. The van der Waals surface area contributed by atoms with Crippen LogP contribution in [0.15, 0.2) is 39.9 Å². The van der Waals surface area contributed by atoms with Gasteiger partial charge in [-0.25, -0.2) is 4.39 Å². The number of nitrogens with zero attached hydrogens (tertiary/aromatic N) is 1. The van der Waals surface area contributed by atoms with E-state index in [0.717, 1.165) is 29.9 Å². The average Bonchev–Trinajstić information content (AvgIpc) is 3.40. The zero-order valence-corrected chi connectivity index (χ0v) is 15.3. The van der Waals surface area contributed by atoms with Gasteiger partial charge in [-0.2, -0.15) is 0 Å². The minimum absolute atomic E-state index is 0.117. The predicted octanol–water partition coefficient (Wildman–Crippen LogP) is 3.94. The Morgan fingerprint density at radius 1 is 1.22 bits per heavy atom. The summed E-state index contributed by atoms with van der Waals surface area (Å²) in [5, 5.41) is 0.353. The predicted molar refractivity (Wildman–Crippen MR) is 107 cm³/mol. The van der Waals surface area contributed by atoms with Gasteiger partial charge in [-0.3, -0.25) is 14.0 Å². The Hall–Kier alpha value is -2.93. The molecule has 0 atom stereocenters. The molecule has 1 saturated carbocycles. The van der Waals surface area contributed by atoms with Crippen LogP contribution in [0.5, 0.6) is 0 Å². The second-order valence-electron chi connectivity index (χ2n) is 7.06. The molecule has 1 fully saturated rings. The van der Waals surface area contributed by atoms with Crippen LogP contribution in [0.25, 0.3) is 32.2 Å². The first-order chi connectivity index (χ1) is 13.0. The van der Waals surface area contributed by atoms with Crippen molar-refractivity contribution < 1.29 is 4.39 Å². The topological polar surface area (TPSA) is 80.9 Å². The zero-order chi connectivity index (χ0) is 18.9. The molecule has 1 aliphatic carbocycles. The SMILES string of the molecule is Cc1ccc(-c2cc3c(cc2F)c(=O)c2c(=O)[nH]sc2n3C2CC2)cc1N. The monoisotopic (exact) mass is 381 g/mol. The molecular formula is C20H16FN3O2S. The lowest BCUT2D eigenvalue weighted by atomic mass is 10.00. The van der Waals surface area contributed by atoms with Crippen molar-refractivity contribution in [3.8, 4) is 11.1 Å². The number of hydrogen-bond acceptors (Lipinski definition) is 4. The van der Waals surface area contributed by atoms with Gasteiger partial charge in [-0.15, -0.1) is 0 Å². The summed E-state index contributed by atoms with van der Waals surface area (Å²) in [4.78, 5) is 25.6. The number of benzene rings is 2. The van der Waals surface area contributed by atoms with Crippen molar-refractivity contribution in [2.45, 2.75) is 25.8 Å². The van der Waals surface area contributed by atoms with Crippen LogP contribution in [0, 0.1) is 12.7 Å². The molecule has 2 heterocycles. The molecule has 0 radical (unpaired) electrons. The van der Waals surface area contributed by atoms with Crippen molar-refractivity contribution in [3.05, 3.63) is 62.3 Å². The first kappa shape index (κ1) is 16.3. The highest BCUT2D eigenvalue weighted by atomic mass is 32.1. The van der Waals surface area contributed by atoms with E-state index < -0.39 is 16.8 Å². The minimum atomic E-state index is -0.504. The molecule has 0 amide bonds. The number of hydrogen-bond donors (Lipinski definition) is 2. The highest BCUT2D eigenvalue weighted by Crippen LogP contribution is 2.41. The van der Waals surface area contributed by atoms with Crippen molar-refractivity contribution in [2.75, 3.05) is 5.73 Å². The van der Waals surface area contributed by atoms with Gasteiger partial charge in [0.25, 0.3) is 5.56 Å². The van der Waals surface area contributed by atoms with Crippen LogP contribution in [-0.4, -0.2) is 8.94 Å². The molecule has 0 spiro atoms. The molecule has 3 N–H and O–H groups in total. The number of pyridine rings is 1. The standard InChI is InChI=1S/C20H16FN3O2S/c1-9-2-3-10(6-15(9)22)12-8-16-13(7-14(12)21)18(25)17-19(26)23-27-20(17)24(16)11-4-5-11/h2-3,6-8,11H,4-5,22H2,1H3,(H,23,26). The molecule has 0 saturated heterocycles. The van der Waals surface area contributed by atoms with Crippen LogP contribution in [0.2, 0.25) is 0 Å². The van der Waals surface area contributed by atoms with Crippen LogP contribution in [0.1, 0.15) is 24.4 Å². The first-order valence-electron chi connectivity index (χ1n) is 8.71. The van der Waals surface area contributed by atoms with E-state index in [9.17, 15) is 14.0 Å². The average molecular weight is 381 g/mol. The molecule has 2 aromatic carbocycles. The van der Waals surface area contributed by atoms with E-state index in [1.165, 1.54) is 6.07 Å². The van der Waals surface area contributed by atoms with E-state index in [-0.39, 0.29) is 16.8 Å². The molecule has 0 bridgehead atoms. The van der Waals surface area contributed by atoms with Crippen molar-refractivity contribution in [2.24, 2.45) is 0 Å². The van der Waals surface area contributed by atoms with E-state index in [4.69, 9.17) is 5.73 Å². The third-order valence-corrected chi connectivity index (χ3v) is 6.10. The zero-order valence-electron chi connectivity index (χ0n) is 14.5. The van der Waals surface area contributed by atoms with Crippen molar-refractivity contribution in [3.63, 3.8) is 0 Å². The Kier molecular flexibility index (Phi) is 3.33. The van der Waals surface area contributed by atoms with Crippen LogP contribution >= 0.6 is 11.5 Å². The number of nitrogen functional groups attached to an aromatic ring is 1. The summed E-state index contributed by atoms with van der Waals surface area (Å²) >= 11 is 1.16. The fourth-order valence-corrected chi connectivity index (χ4v) is 4.50. The number of fused-ring (bicyclic) bond motifs is 2. The Morgan fingerprint density at radius 3 is 2.70 bits per heavy atom. The van der Waals surface area contributed by atoms with Gasteiger partial charge in [0.15, 0.2) is 0 Å². The Bertz CT molecular complexity index is 1360. The first-order valence-corrected chi connectivity index (χ1v) is 9.53. The van der Waals surface area contributed by atoms with E-state index in [1.807, 2.05) is 23.6 Å². The summed E-state index contributed by atoms with van der Waals surface area (Å²) in [5.41, 5.74) is 8.38. The van der Waals surface area contributed by atoms with E-state index in [0.29, 0.717) is 27.2 Å². The van der Waals surface area contributed by atoms with Gasteiger partial charge in [0.05, 0.1) is 5.52 Å².